The average Bonchev–Trinajstić information content (AvgIpc) is 2.25. The highest BCUT2D eigenvalue weighted by molar-refractivity contribution is 5.49. The minimum atomic E-state index is -0.300. The Hall–Kier alpha value is -1.38. The molecule has 0 amide bonds. The van der Waals surface area contributed by atoms with Crippen molar-refractivity contribution in [2.45, 2.75) is 39.2 Å². The molecule has 1 aromatic rings. The van der Waals surface area contributed by atoms with E-state index in [1.165, 1.54) is 6.07 Å². The van der Waals surface area contributed by atoms with Crippen LogP contribution in [0, 0.1) is 0 Å². The molecule has 2 N–H and O–H groups in total. The topological polar surface area (TPSA) is 49.7 Å². The monoisotopic (exact) mass is 210 g/mol. The Balaban J connectivity index is 2.94. The lowest BCUT2D eigenvalue weighted by molar-refractivity contribution is 0.0763. The summed E-state index contributed by atoms with van der Waals surface area (Å²) >= 11 is 0. The van der Waals surface area contributed by atoms with Gasteiger partial charge in [-0.3, -0.25) is 0 Å². The lowest BCUT2D eigenvalue weighted by Gasteiger charge is -2.28. The molecule has 0 radical (unpaired) electrons. The maximum atomic E-state index is 9.58. The number of phenolic OH excluding ortho intramolecular Hbond substituents is 2. The van der Waals surface area contributed by atoms with Gasteiger partial charge in [-0.1, -0.05) is 19.9 Å². The zero-order chi connectivity index (χ0) is 11.5. The minimum Gasteiger partial charge on any atom is -0.504 e. The summed E-state index contributed by atoms with van der Waals surface area (Å²) in [4.78, 5) is 0. The summed E-state index contributed by atoms with van der Waals surface area (Å²) in [6.07, 6.45) is 1.69. The van der Waals surface area contributed by atoms with E-state index < -0.39 is 0 Å². The molecule has 0 fully saturated rings. The molecule has 0 aliphatic heterocycles. The fraction of sp³-hybridized carbons (Fsp3) is 0.500. The first-order chi connectivity index (χ1) is 7.02. The zero-order valence-electron chi connectivity index (χ0n) is 9.45. The van der Waals surface area contributed by atoms with E-state index in [1.54, 1.807) is 12.1 Å². The van der Waals surface area contributed by atoms with Crippen molar-refractivity contribution in [2.24, 2.45) is 0 Å². The molecular formula is C12H18O3. The molecule has 1 aromatic carbocycles. The minimum absolute atomic E-state index is 0.151. The third kappa shape index (κ3) is 2.55. The predicted molar refractivity (Wildman–Crippen MR) is 59.4 cm³/mol. The van der Waals surface area contributed by atoms with Crippen molar-refractivity contribution >= 4 is 0 Å². The number of hydrogen-bond acceptors (Lipinski definition) is 3. The summed E-state index contributed by atoms with van der Waals surface area (Å²) < 4.78 is 5.70. The highest BCUT2D eigenvalue weighted by Gasteiger charge is 2.23. The number of aromatic hydroxyl groups is 2. The van der Waals surface area contributed by atoms with Crippen LogP contribution in [0.15, 0.2) is 18.2 Å². The van der Waals surface area contributed by atoms with Crippen molar-refractivity contribution in [3.8, 4) is 17.2 Å². The van der Waals surface area contributed by atoms with Gasteiger partial charge in [-0.2, -0.15) is 0 Å². The summed E-state index contributed by atoms with van der Waals surface area (Å²) in [5.41, 5.74) is -0.300. The second kappa shape index (κ2) is 4.43. The Morgan fingerprint density at radius 3 is 2.33 bits per heavy atom. The third-order valence-electron chi connectivity index (χ3n) is 2.83. The first-order valence-electron chi connectivity index (χ1n) is 5.22. The molecule has 0 spiro atoms. The number of para-hydroxylation sites is 1. The molecule has 0 heterocycles. The molecular weight excluding hydrogens is 192 g/mol. The molecule has 3 nitrogen and oxygen atoms in total. The number of rotatable bonds is 4. The van der Waals surface area contributed by atoms with E-state index in [2.05, 4.69) is 0 Å². The van der Waals surface area contributed by atoms with Gasteiger partial charge in [0.15, 0.2) is 11.5 Å². The maximum Gasteiger partial charge on any atom is 0.200 e. The van der Waals surface area contributed by atoms with E-state index in [1.807, 2.05) is 20.8 Å². The number of benzene rings is 1. The van der Waals surface area contributed by atoms with Gasteiger partial charge in [0.25, 0.3) is 0 Å². The van der Waals surface area contributed by atoms with Gasteiger partial charge in [0.05, 0.1) is 0 Å². The van der Waals surface area contributed by atoms with E-state index in [9.17, 15) is 10.2 Å². The van der Waals surface area contributed by atoms with Crippen LogP contribution in [0.2, 0.25) is 0 Å². The Kier molecular flexibility index (Phi) is 3.45. The molecule has 1 rings (SSSR count). The summed E-state index contributed by atoms with van der Waals surface area (Å²) in [6.45, 7) is 6.04. The molecule has 0 aliphatic carbocycles. The predicted octanol–water partition coefficient (Wildman–Crippen LogP) is 3.06. The standard InChI is InChI=1S/C12H18O3/c1-4-12(3,5-2)15-10-8-6-7-9(13)11(10)14/h6-8,13-14H,4-5H2,1-3H3. The zero-order valence-corrected chi connectivity index (χ0v) is 9.45. The van der Waals surface area contributed by atoms with Crippen molar-refractivity contribution in [1.82, 2.24) is 0 Å². The summed E-state index contributed by atoms with van der Waals surface area (Å²) in [6, 6.07) is 4.73. The Labute approximate surface area is 90.3 Å². The highest BCUT2D eigenvalue weighted by atomic mass is 16.5. The van der Waals surface area contributed by atoms with E-state index in [-0.39, 0.29) is 17.1 Å². The smallest absolute Gasteiger partial charge is 0.200 e. The average molecular weight is 210 g/mol. The maximum absolute atomic E-state index is 9.58. The van der Waals surface area contributed by atoms with Crippen LogP contribution in [-0.4, -0.2) is 15.8 Å². The van der Waals surface area contributed by atoms with E-state index in [0.717, 1.165) is 12.8 Å². The van der Waals surface area contributed by atoms with Crippen molar-refractivity contribution in [1.29, 1.82) is 0 Å². The van der Waals surface area contributed by atoms with Gasteiger partial charge in [-0.05, 0) is 31.9 Å². The Morgan fingerprint density at radius 2 is 1.80 bits per heavy atom. The first kappa shape index (κ1) is 11.7. The number of phenols is 2. The molecule has 0 atom stereocenters. The first-order valence-corrected chi connectivity index (χ1v) is 5.22. The second-order valence-corrected chi connectivity index (χ2v) is 3.88. The van der Waals surface area contributed by atoms with Crippen molar-refractivity contribution in [3.63, 3.8) is 0 Å². The number of ether oxygens (including phenoxy) is 1. The molecule has 0 unspecified atom stereocenters. The van der Waals surface area contributed by atoms with Crippen LogP contribution >= 0.6 is 0 Å². The van der Waals surface area contributed by atoms with Crippen molar-refractivity contribution < 1.29 is 14.9 Å². The Morgan fingerprint density at radius 1 is 1.20 bits per heavy atom. The van der Waals surface area contributed by atoms with Gasteiger partial charge in [0.1, 0.15) is 5.60 Å². The highest BCUT2D eigenvalue weighted by Crippen LogP contribution is 2.37. The van der Waals surface area contributed by atoms with Crippen LogP contribution in [0.1, 0.15) is 33.6 Å². The molecule has 0 bridgehead atoms. The van der Waals surface area contributed by atoms with E-state index in [0.29, 0.717) is 5.75 Å². The SMILES string of the molecule is CCC(C)(CC)Oc1cccc(O)c1O. The van der Waals surface area contributed by atoms with Crippen molar-refractivity contribution in [3.05, 3.63) is 18.2 Å². The van der Waals surface area contributed by atoms with Gasteiger partial charge in [0, 0.05) is 0 Å². The van der Waals surface area contributed by atoms with Gasteiger partial charge in [-0.15, -0.1) is 0 Å². The largest absolute Gasteiger partial charge is 0.504 e. The van der Waals surface area contributed by atoms with Gasteiger partial charge < -0.3 is 14.9 Å². The third-order valence-corrected chi connectivity index (χ3v) is 2.83. The number of hydrogen-bond donors (Lipinski definition) is 2. The molecule has 0 aromatic heterocycles. The van der Waals surface area contributed by atoms with Crippen LogP contribution in [0.5, 0.6) is 17.2 Å². The van der Waals surface area contributed by atoms with Gasteiger partial charge in [0.2, 0.25) is 5.75 Å². The van der Waals surface area contributed by atoms with Crippen LogP contribution in [-0.2, 0) is 0 Å². The van der Waals surface area contributed by atoms with Crippen LogP contribution in [0.25, 0.3) is 0 Å². The summed E-state index contributed by atoms with van der Waals surface area (Å²) in [5.74, 6) is -0.00567. The van der Waals surface area contributed by atoms with Crippen LogP contribution in [0.4, 0.5) is 0 Å². The van der Waals surface area contributed by atoms with Gasteiger partial charge in [-0.25, -0.2) is 0 Å². The molecule has 15 heavy (non-hydrogen) atoms. The van der Waals surface area contributed by atoms with E-state index >= 15 is 0 Å². The molecule has 0 saturated heterocycles. The van der Waals surface area contributed by atoms with E-state index in [4.69, 9.17) is 4.74 Å². The normalized spacial score (nSPS) is 11.4. The fourth-order valence-electron chi connectivity index (χ4n) is 1.25. The Bertz CT molecular complexity index is 330. The van der Waals surface area contributed by atoms with Gasteiger partial charge >= 0.3 is 0 Å². The quantitative estimate of drug-likeness (QED) is 0.751. The molecule has 0 saturated carbocycles. The molecule has 84 valence electrons. The van der Waals surface area contributed by atoms with Crippen molar-refractivity contribution in [2.75, 3.05) is 0 Å². The molecule has 3 heteroatoms. The lowest BCUT2D eigenvalue weighted by atomic mass is 10.00. The van der Waals surface area contributed by atoms with Crippen LogP contribution in [0.3, 0.4) is 0 Å². The summed E-state index contributed by atoms with van der Waals surface area (Å²) in [5, 5.41) is 18.9. The second-order valence-electron chi connectivity index (χ2n) is 3.88. The van der Waals surface area contributed by atoms with Crippen LogP contribution < -0.4 is 4.74 Å². The fourth-order valence-corrected chi connectivity index (χ4v) is 1.25. The molecule has 0 aliphatic rings. The summed E-state index contributed by atoms with van der Waals surface area (Å²) in [7, 11) is 0. The lowest BCUT2D eigenvalue weighted by Crippen LogP contribution is -2.30.